The van der Waals surface area contributed by atoms with Gasteiger partial charge < -0.3 is 10.5 Å². The van der Waals surface area contributed by atoms with E-state index in [0.717, 1.165) is 12.1 Å². The summed E-state index contributed by atoms with van der Waals surface area (Å²) in [5.41, 5.74) is 4.81. The van der Waals surface area contributed by atoms with E-state index in [0.29, 0.717) is 0 Å². The summed E-state index contributed by atoms with van der Waals surface area (Å²) in [7, 11) is -4.14. The number of ether oxygens (including phenoxy) is 1. The second-order valence-electron chi connectivity index (χ2n) is 3.87. The van der Waals surface area contributed by atoms with Crippen LogP contribution in [0.1, 0.15) is 0 Å². The Kier molecular flexibility index (Phi) is 5.79. The fourth-order valence-electron chi connectivity index (χ4n) is 1.26. The molecule has 3 N–H and O–H groups in total. The molecule has 1 aromatic carbocycles. The van der Waals surface area contributed by atoms with Crippen LogP contribution in [0.4, 0.5) is 23.2 Å². The summed E-state index contributed by atoms with van der Waals surface area (Å²) in [5, 5.41) is -0.398. The first-order chi connectivity index (χ1) is 9.53. The summed E-state index contributed by atoms with van der Waals surface area (Å²) in [6.07, 6.45) is -4.49. The van der Waals surface area contributed by atoms with E-state index in [1.807, 2.05) is 4.72 Å². The summed E-state index contributed by atoms with van der Waals surface area (Å²) < 4.78 is 78.3. The molecule has 11 heteroatoms. The molecule has 0 aliphatic carbocycles. The van der Waals surface area contributed by atoms with Crippen molar-refractivity contribution in [2.24, 2.45) is 0 Å². The minimum Gasteiger partial charge on any atom is -0.396 e. The van der Waals surface area contributed by atoms with Gasteiger partial charge in [0.1, 0.15) is 17.3 Å². The molecule has 0 atom stereocenters. The Labute approximate surface area is 123 Å². The number of anilines is 1. The first-order valence-corrected chi connectivity index (χ1v) is 7.28. The Morgan fingerprint density at radius 3 is 2.52 bits per heavy atom. The zero-order valence-electron chi connectivity index (χ0n) is 10.4. The topological polar surface area (TPSA) is 81.4 Å². The molecule has 0 fully saturated rings. The van der Waals surface area contributed by atoms with Gasteiger partial charge >= 0.3 is 6.18 Å². The third kappa shape index (κ3) is 5.65. The van der Waals surface area contributed by atoms with Gasteiger partial charge in [-0.3, -0.25) is 0 Å². The number of nitrogens with two attached hydrogens (primary N) is 1. The van der Waals surface area contributed by atoms with Crippen LogP contribution in [-0.2, 0) is 14.8 Å². The van der Waals surface area contributed by atoms with Crippen molar-refractivity contribution >= 4 is 27.3 Å². The van der Waals surface area contributed by atoms with Crippen LogP contribution in [0.2, 0.25) is 5.02 Å². The molecule has 0 bridgehead atoms. The lowest BCUT2D eigenvalue weighted by atomic mass is 10.3. The quantitative estimate of drug-likeness (QED) is 0.466. The van der Waals surface area contributed by atoms with Gasteiger partial charge in [-0.25, -0.2) is 17.5 Å². The smallest absolute Gasteiger partial charge is 0.396 e. The summed E-state index contributed by atoms with van der Waals surface area (Å²) in [6.45, 7) is -2.39. The second kappa shape index (κ2) is 6.77. The highest BCUT2D eigenvalue weighted by molar-refractivity contribution is 7.89. The molecule has 0 saturated carbocycles. The molecule has 0 spiro atoms. The Morgan fingerprint density at radius 2 is 1.95 bits per heavy atom. The van der Waals surface area contributed by atoms with Crippen molar-refractivity contribution in [1.82, 2.24) is 4.72 Å². The van der Waals surface area contributed by atoms with Gasteiger partial charge in [0.2, 0.25) is 10.0 Å². The number of rotatable bonds is 6. The van der Waals surface area contributed by atoms with Crippen LogP contribution >= 0.6 is 11.6 Å². The van der Waals surface area contributed by atoms with Gasteiger partial charge in [0.05, 0.1) is 17.3 Å². The van der Waals surface area contributed by atoms with Crippen LogP contribution in [0.25, 0.3) is 0 Å². The molecule has 0 saturated heterocycles. The molecule has 1 aromatic rings. The van der Waals surface area contributed by atoms with Crippen molar-refractivity contribution < 1.29 is 30.7 Å². The lowest BCUT2D eigenvalue weighted by molar-refractivity contribution is -0.173. The average Bonchev–Trinajstić information content (AvgIpc) is 2.31. The fourth-order valence-corrected chi connectivity index (χ4v) is 2.83. The van der Waals surface area contributed by atoms with Crippen molar-refractivity contribution in [3.63, 3.8) is 0 Å². The van der Waals surface area contributed by atoms with Gasteiger partial charge in [0, 0.05) is 6.54 Å². The number of halogens is 5. The van der Waals surface area contributed by atoms with Gasteiger partial charge in [-0.2, -0.15) is 13.2 Å². The Balaban J connectivity index is 2.64. The molecule has 0 heterocycles. The van der Waals surface area contributed by atoms with Crippen molar-refractivity contribution in [3.05, 3.63) is 23.0 Å². The highest BCUT2D eigenvalue weighted by Gasteiger charge is 2.27. The molecule has 0 aliphatic heterocycles. The molecule has 1 rings (SSSR count). The summed E-state index contributed by atoms with van der Waals surface area (Å²) in [5.74, 6) is -0.882. The summed E-state index contributed by atoms with van der Waals surface area (Å²) >= 11 is 5.59. The number of alkyl halides is 3. The van der Waals surface area contributed by atoms with E-state index < -0.39 is 57.4 Å². The zero-order chi connectivity index (χ0) is 16.3. The van der Waals surface area contributed by atoms with Gasteiger partial charge in [-0.05, 0) is 12.1 Å². The molecular weight excluding hydrogens is 340 g/mol. The largest absolute Gasteiger partial charge is 0.411 e. The third-order valence-electron chi connectivity index (χ3n) is 2.14. The molecule has 0 unspecified atom stereocenters. The number of benzene rings is 1. The van der Waals surface area contributed by atoms with Crippen LogP contribution in [0.3, 0.4) is 0 Å². The molecule has 0 aliphatic rings. The van der Waals surface area contributed by atoms with E-state index in [-0.39, 0.29) is 0 Å². The summed E-state index contributed by atoms with van der Waals surface area (Å²) in [4.78, 5) is -0.473. The van der Waals surface area contributed by atoms with Crippen molar-refractivity contribution in [2.75, 3.05) is 25.5 Å². The van der Waals surface area contributed by atoms with Gasteiger partial charge in [0.25, 0.3) is 0 Å². The SMILES string of the molecule is Nc1cc(S(=O)(=O)NCCOCC(F)(F)F)c(Cl)cc1F. The number of hydrogen-bond acceptors (Lipinski definition) is 4. The van der Waals surface area contributed by atoms with Crippen LogP contribution in [0, 0.1) is 5.82 Å². The zero-order valence-corrected chi connectivity index (χ0v) is 11.9. The van der Waals surface area contributed by atoms with Crippen LogP contribution < -0.4 is 10.5 Å². The highest BCUT2D eigenvalue weighted by atomic mass is 35.5. The maximum Gasteiger partial charge on any atom is 0.411 e. The minimum atomic E-state index is -4.49. The van der Waals surface area contributed by atoms with Crippen molar-refractivity contribution in [1.29, 1.82) is 0 Å². The molecule has 0 amide bonds. The first kappa shape index (κ1) is 18.0. The van der Waals surface area contributed by atoms with Gasteiger partial charge in [0.15, 0.2) is 0 Å². The van der Waals surface area contributed by atoms with Crippen LogP contribution in [-0.4, -0.2) is 34.4 Å². The van der Waals surface area contributed by atoms with E-state index in [1.54, 1.807) is 0 Å². The number of nitrogens with one attached hydrogen (secondary N) is 1. The van der Waals surface area contributed by atoms with E-state index in [9.17, 15) is 26.0 Å². The molecule has 120 valence electrons. The predicted octanol–water partition coefficient (Wildman–Crippen LogP) is 1.92. The number of nitrogen functional groups attached to an aromatic ring is 1. The average molecular weight is 351 g/mol. The highest BCUT2D eigenvalue weighted by Crippen LogP contribution is 2.26. The van der Waals surface area contributed by atoms with Crippen LogP contribution in [0.5, 0.6) is 0 Å². The van der Waals surface area contributed by atoms with Gasteiger partial charge in [-0.1, -0.05) is 11.6 Å². The number of sulfonamides is 1. The monoisotopic (exact) mass is 350 g/mol. The molecule has 0 aromatic heterocycles. The second-order valence-corrected chi connectivity index (χ2v) is 6.01. The van der Waals surface area contributed by atoms with E-state index in [4.69, 9.17) is 17.3 Å². The lowest BCUT2D eigenvalue weighted by Gasteiger charge is -2.10. The Morgan fingerprint density at radius 1 is 1.33 bits per heavy atom. The molecular formula is C10H11ClF4N2O3S. The van der Waals surface area contributed by atoms with Crippen molar-refractivity contribution in [3.8, 4) is 0 Å². The Bertz CT molecular complexity index is 607. The third-order valence-corrected chi connectivity index (χ3v) is 4.07. The first-order valence-electron chi connectivity index (χ1n) is 5.41. The van der Waals surface area contributed by atoms with E-state index in [2.05, 4.69) is 4.74 Å². The lowest BCUT2D eigenvalue weighted by Crippen LogP contribution is -2.29. The maximum absolute atomic E-state index is 13.1. The molecule has 0 radical (unpaired) electrons. The predicted molar refractivity (Wildman–Crippen MR) is 67.9 cm³/mol. The summed E-state index contributed by atoms with van der Waals surface area (Å²) in [6, 6.07) is 1.54. The van der Waals surface area contributed by atoms with Crippen LogP contribution in [0.15, 0.2) is 17.0 Å². The molecule has 21 heavy (non-hydrogen) atoms. The van der Waals surface area contributed by atoms with Gasteiger partial charge in [-0.15, -0.1) is 0 Å². The molecule has 5 nitrogen and oxygen atoms in total. The standard InChI is InChI=1S/C10H11ClF4N2O3S/c11-6-3-7(12)8(16)4-9(6)21(18,19)17-1-2-20-5-10(13,14)15/h3-4,17H,1-2,5,16H2. The fraction of sp³-hybridized carbons (Fsp3) is 0.400. The Hall–Kier alpha value is -1.10. The van der Waals surface area contributed by atoms with Crippen molar-refractivity contribution in [2.45, 2.75) is 11.1 Å². The minimum absolute atomic E-state index is 0.398. The number of hydrogen-bond donors (Lipinski definition) is 2. The van der Waals surface area contributed by atoms with E-state index in [1.165, 1.54) is 0 Å². The normalized spacial score (nSPS) is 12.6. The maximum atomic E-state index is 13.1. The van der Waals surface area contributed by atoms with E-state index >= 15 is 0 Å².